The molecule has 8 nitrogen and oxygen atoms in total. The SMILES string of the molecule is CN1CC(=O)Nc2cc(C(=O)Nc3cccc(NC(=O)c4ccncc4)c3)ccc21. The molecule has 0 spiro atoms. The van der Waals surface area contributed by atoms with Crippen LogP contribution in [0.25, 0.3) is 0 Å². The van der Waals surface area contributed by atoms with Crippen molar-refractivity contribution in [3.05, 3.63) is 78.1 Å². The van der Waals surface area contributed by atoms with Crippen LogP contribution in [0, 0.1) is 0 Å². The molecule has 0 bridgehead atoms. The minimum absolute atomic E-state index is 0.125. The van der Waals surface area contributed by atoms with Gasteiger partial charge >= 0.3 is 0 Å². The molecular weight excluding hydrogens is 382 g/mol. The second-order valence-corrected chi connectivity index (χ2v) is 6.86. The lowest BCUT2D eigenvalue weighted by Gasteiger charge is -2.27. The second kappa shape index (κ2) is 8.04. The first-order chi connectivity index (χ1) is 14.5. The molecule has 2 heterocycles. The Morgan fingerprint density at radius 3 is 2.30 bits per heavy atom. The van der Waals surface area contributed by atoms with Gasteiger partial charge in [-0.3, -0.25) is 19.4 Å². The zero-order valence-electron chi connectivity index (χ0n) is 16.2. The molecule has 4 rings (SSSR count). The maximum Gasteiger partial charge on any atom is 0.255 e. The van der Waals surface area contributed by atoms with Crippen LogP contribution in [-0.2, 0) is 4.79 Å². The number of carbonyl (C=O) groups is 3. The number of carbonyl (C=O) groups excluding carboxylic acids is 3. The molecule has 0 radical (unpaired) electrons. The zero-order chi connectivity index (χ0) is 21.1. The van der Waals surface area contributed by atoms with E-state index in [0.717, 1.165) is 5.69 Å². The van der Waals surface area contributed by atoms with Crippen LogP contribution >= 0.6 is 0 Å². The van der Waals surface area contributed by atoms with Crippen molar-refractivity contribution in [2.75, 3.05) is 34.4 Å². The van der Waals surface area contributed by atoms with E-state index in [2.05, 4.69) is 20.9 Å². The maximum absolute atomic E-state index is 12.7. The molecule has 0 saturated heterocycles. The van der Waals surface area contributed by atoms with Crippen LogP contribution in [0.15, 0.2) is 67.0 Å². The summed E-state index contributed by atoms with van der Waals surface area (Å²) in [4.78, 5) is 42.4. The summed E-state index contributed by atoms with van der Waals surface area (Å²) in [6, 6.07) is 15.3. The van der Waals surface area contributed by atoms with Gasteiger partial charge in [0.25, 0.3) is 11.8 Å². The van der Waals surface area contributed by atoms with Crippen molar-refractivity contribution in [2.45, 2.75) is 0 Å². The highest BCUT2D eigenvalue weighted by molar-refractivity contribution is 6.08. The molecule has 150 valence electrons. The topological polar surface area (TPSA) is 103 Å². The molecule has 1 aromatic heterocycles. The van der Waals surface area contributed by atoms with Crippen molar-refractivity contribution in [3.8, 4) is 0 Å². The number of aromatic nitrogens is 1. The third-order valence-corrected chi connectivity index (χ3v) is 4.65. The number of hydrogen-bond donors (Lipinski definition) is 3. The fourth-order valence-electron chi connectivity index (χ4n) is 3.19. The number of pyridine rings is 1. The Labute approximate surface area is 172 Å². The van der Waals surface area contributed by atoms with Gasteiger partial charge < -0.3 is 20.9 Å². The molecule has 2 aromatic carbocycles. The van der Waals surface area contributed by atoms with Crippen LogP contribution in [0.4, 0.5) is 22.7 Å². The van der Waals surface area contributed by atoms with Gasteiger partial charge in [0.2, 0.25) is 5.91 Å². The van der Waals surface area contributed by atoms with E-state index in [1.54, 1.807) is 67.0 Å². The minimum Gasteiger partial charge on any atom is -0.364 e. The first kappa shape index (κ1) is 19.1. The predicted molar refractivity (Wildman–Crippen MR) is 115 cm³/mol. The van der Waals surface area contributed by atoms with Crippen molar-refractivity contribution >= 4 is 40.5 Å². The molecule has 0 unspecified atom stereocenters. The lowest BCUT2D eigenvalue weighted by Crippen LogP contribution is -2.35. The monoisotopic (exact) mass is 401 g/mol. The molecule has 3 aromatic rings. The van der Waals surface area contributed by atoms with E-state index in [0.29, 0.717) is 28.2 Å². The Morgan fingerprint density at radius 2 is 1.60 bits per heavy atom. The van der Waals surface area contributed by atoms with Gasteiger partial charge in [0.15, 0.2) is 0 Å². The lowest BCUT2D eigenvalue weighted by atomic mass is 10.1. The number of likely N-dealkylation sites (N-methyl/N-ethyl adjacent to an activating group) is 1. The first-order valence-electron chi connectivity index (χ1n) is 9.27. The van der Waals surface area contributed by atoms with Crippen LogP contribution in [0.3, 0.4) is 0 Å². The molecule has 3 amide bonds. The van der Waals surface area contributed by atoms with E-state index in [-0.39, 0.29) is 24.3 Å². The van der Waals surface area contributed by atoms with E-state index in [1.165, 1.54) is 0 Å². The number of hydrogen-bond acceptors (Lipinski definition) is 5. The molecule has 1 aliphatic heterocycles. The highest BCUT2D eigenvalue weighted by atomic mass is 16.2. The Hall–Kier alpha value is -4.20. The molecule has 0 atom stereocenters. The van der Waals surface area contributed by atoms with Crippen molar-refractivity contribution in [3.63, 3.8) is 0 Å². The number of amides is 3. The maximum atomic E-state index is 12.7. The van der Waals surface area contributed by atoms with Gasteiger partial charge in [0, 0.05) is 41.9 Å². The van der Waals surface area contributed by atoms with Crippen LogP contribution < -0.4 is 20.9 Å². The third-order valence-electron chi connectivity index (χ3n) is 4.65. The normalized spacial score (nSPS) is 12.6. The molecule has 3 N–H and O–H groups in total. The summed E-state index contributed by atoms with van der Waals surface area (Å²) in [5.74, 6) is -0.714. The molecule has 1 aliphatic rings. The van der Waals surface area contributed by atoms with E-state index in [9.17, 15) is 14.4 Å². The highest BCUT2D eigenvalue weighted by Gasteiger charge is 2.20. The average molecular weight is 401 g/mol. The van der Waals surface area contributed by atoms with Crippen LogP contribution in [0.1, 0.15) is 20.7 Å². The van der Waals surface area contributed by atoms with E-state index >= 15 is 0 Å². The van der Waals surface area contributed by atoms with Crippen molar-refractivity contribution < 1.29 is 14.4 Å². The number of anilines is 4. The molecule has 30 heavy (non-hydrogen) atoms. The van der Waals surface area contributed by atoms with Gasteiger partial charge in [-0.05, 0) is 48.5 Å². The van der Waals surface area contributed by atoms with Gasteiger partial charge in [-0.1, -0.05) is 6.07 Å². The number of benzene rings is 2. The summed E-state index contributed by atoms with van der Waals surface area (Å²) in [6.07, 6.45) is 3.09. The van der Waals surface area contributed by atoms with Gasteiger partial charge in [0.1, 0.15) is 0 Å². The molecule has 0 aliphatic carbocycles. The van der Waals surface area contributed by atoms with Gasteiger partial charge in [-0.15, -0.1) is 0 Å². The zero-order valence-corrected chi connectivity index (χ0v) is 16.2. The first-order valence-corrected chi connectivity index (χ1v) is 9.27. The minimum atomic E-state index is -0.321. The number of rotatable bonds is 4. The summed E-state index contributed by atoms with van der Waals surface area (Å²) in [7, 11) is 1.82. The highest BCUT2D eigenvalue weighted by Crippen LogP contribution is 2.29. The summed E-state index contributed by atoms with van der Waals surface area (Å²) >= 11 is 0. The summed E-state index contributed by atoms with van der Waals surface area (Å²) < 4.78 is 0. The predicted octanol–water partition coefficient (Wildman–Crippen LogP) is 2.97. The summed E-state index contributed by atoms with van der Waals surface area (Å²) in [5, 5.41) is 8.39. The van der Waals surface area contributed by atoms with E-state index < -0.39 is 0 Å². The largest absolute Gasteiger partial charge is 0.364 e. The van der Waals surface area contributed by atoms with Crippen LogP contribution in [-0.4, -0.2) is 36.3 Å². The second-order valence-electron chi connectivity index (χ2n) is 6.86. The quantitative estimate of drug-likeness (QED) is 0.624. The number of nitrogens with one attached hydrogen (secondary N) is 3. The van der Waals surface area contributed by atoms with Gasteiger partial charge in [-0.2, -0.15) is 0 Å². The Kier molecular flexibility index (Phi) is 5.13. The molecule has 8 heteroatoms. The van der Waals surface area contributed by atoms with Gasteiger partial charge in [-0.25, -0.2) is 0 Å². The smallest absolute Gasteiger partial charge is 0.255 e. The Balaban J connectivity index is 1.48. The van der Waals surface area contributed by atoms with Crippen LogP contribution in [0.5, 0.6) is 0 Å². The summed E-state index contributed by atoms with van der Waals surface area (Å²) in [6.45, 7) is 0.274. The number of nitrogens with zero attached hydrogens (tertiary/aromatic N) is 2. The van der Waals surface area contributed by atoms with E-state index in [1.807, 2.05) is 11.9 Å². The molecular formula is C22H19N5O3. The standard InChI is InChI=1S/C22H19N5O3/c1-27-13-20(28)26-18-11-15(5-6-19(18)27)22(30)25-17-4-2-3-16(12-17)24-21(29)14-7-9-23-10-8-14/h2-12H,13H2,1H3,(H,24,29)(H,25,30)(H,26,28). The van der Waals surface area contributed by atoms with Crippen molar-refractivity contribution in [1.29, 1.82) is 0 Å². The number of fused-ring (bicyclic) bond motifs is 1. The summed E-state index contributed by atoms with van der Waals surface area (Å²) in [5.41, 5.74) is 3.43. The van der Waals surface area contributed by atoms with Crippen LogP contribution in [0.2, 0.25) is 0 Å². The lowest BCUT2D eigenvalue weighted by molar-refractivity contribution is -0.115. The average Bonchev–Trinajstić information content (AvgIpc) is 2.74. The third kappa shape index (κ3) is 4.12. The van der Waals surface area contributed by atoms with Gasteiger partial charge in [0.05, 0.1) is 17.9 Å². The fourth-order valence-corrected chi connectivity index (χ4v) is 3.19. The molecule has 0 fully saturated rings. The molecule has 0 saturated carbocycles. The fraction of sp³-hybridized carbons (Fsp3) is 0.0909. The van der Waals surface area contributed by atoms with Crippen molar-refractivity contribution in [2.24, 2.45) is 0 Å². The Morgan fingerprint density at radius 1 is 0.933 bits per heavy atom. The van der Waals surface area contributed by atoms with E-state index in [4.69, 9.17) is 0 Å². The Bertz CT molecular complexity index is 1130. The van der Waals surface area contributed by atoms with Crippen molar-refractivity contribution in [1.82, 2.24) is 4.98 Å².